The number of ether oxygens (including phenoxy) is 1. The van der Waals surface area contributed by atoms with E-state index in [9.17, 15) is 9.18 Å². The summed E-state index contributed by atoms with van der Waals surface area (Å²) in [5.74, 6) is 0.130. The van der Waals surface area contributed by atoms with Crippen LogP contribution in [0.25, 0.3) is 0 Å². The Kier molecular flexibility index (Phi) is 3.23. The van der Waals surface area contributed by atoms with Gasteiger partial charge < -0.3 is 4.74 Å². The first-order valence-electron chi connectivity index (χ1n) is 4.37. The van der Waals surface area contributed by atoms with Crippen molar-refractivity contribution in [3.63, 3.8) is 0 Å². The van der Waals surface area contributed by atoms with Crippen molar-refractivity contribution < 1.29 is 13.9 Å². The third kappa shape index (κ3) is 2.31. The predicted molar refractivity (Wildman–Crippen MR) is 52.1 cm³/mol. The normalized spacial score (nSPS) is 10.0. The molecule has 14 heavy (non-hydrogen) atoms. The zero-order chi connectivity index (χ0) is 10.7. The number of carbonyl (C=O) groups excluding carboxylic acids is 1. The Hall–Kier alpha value is -1.38. The number of halogens is 1. The standard InChI is InChI=1S/C11H13FO2/c1-7(13)4-9-5-10(12)6-11(14-3)8(9)2/h5-6H,4H2,1-3H3. The van der Waals surface area contributed by atoms with Gasteiger partial charge in [0.1, 0.15) is 17.3 Å². The first-order chi connectivity index (χ1) is 6.54. The Morgan fingerprint density at radius 2 is 2.14 bits per heavy atom. The van der Waals surface area contributed by atoms with Crippen molar-refractivity contribution in [1.29, 1.82) is 0 Å². The Balaban J connectivity index is 3.15. The lowest BCUT2D eigenvalue weighted by atomic mass is 10.0. The highest BCUT2D eigenvalue weighted by Gasteiger charge is 2.09. The van der Waals surface area contributed by atoms with E-state index >= 15 is 0 Å². The number of benzene rings is 1. The van der Waals surface area contributed by atoms with Gasteiger partial charge in [-0.2, -0.15) is 0 Å². The molecule has 0 amide bonds. The number of hydrogen-bond donors (Lipinski definition) is 0. The molecule has 0 aliphatic carbocycles. The number of ketones is 1. The van der Waals surface area contributed by atoms with Gasteiger partial charge in [-0.1, -0.05) is 0 Å². The second-order valence-electron chi connectivity index (χ2n) is 3.27. The molecule has 1 rings (SSSR count). The zero-order valence-corrected chi connectivity index (χ0v) is 8.56. The summed E-state index contributed by atoms with van der Waals surface area (Å²) in [6.07, 6.45) is 0.250. The van der Waals surface area contributed by atoms with Gasteiger partial charge >= 0.3 is 0 Å². The van der Waals surface area contributed by atoms with Gasteiger partial charge in [0.05, 0.1) is 7.11 Å². The lowest BCUT2D eigenvalue weighted by Gasteiger charge is -2.09. The van der Waals surface area contributed by atoms with Crippen LogP contribution in [-0.4, -0.2) is 12.9 Å². The van der Waals surface area contributed by atoms with Crippen LogP contribution in [0.2, 0.25) is 0 Å². The van der Waals surface area contributed by atoms with Crippen molar-refractivity contribution in [1.82, 2.24) is 0 Å². The van der Waals surface area contributed by atoms with Crippen molar-refractivity contribution in [3.8, 4) is 5.75 Å². The molecule has 0 saturated heterocycles. The molecule has 0 saturated carbocycles. The van der Waals surface area contributed by atoms with Gasteiger partial charge in [-0.15, -0.1) is 0 Å². The van der Waals surface area contributed by atoms with Crippen molar-refractivity contribution in [3.05, 3.63) is 29.1 Å². The monoisotopic (exact) mass is 196 g/mol. The number of methoxy groups -OCH3 is 1. The molecule has 0 aliphatic rings. The van der Waals surface area contributed by atoms with Crippen molar-refractivity contribution >= 4 is 5.78 Å². The fourth-order valence-corrected chi connectivity index (χ4v) is 1.37. The smallest absolute Gasteiger partial charge is 0.134 e. The zero-order valence-electron chi connectivity index (χ0n) is 8.56. The number of carbonyl (C=O) groups is 1. The molecule has 0 heterocycles. The molecule has 0 aliphatic heterocycles. The molecule has 0 fully saturated rings. The van der Waals surface area contributed by atoms with E-state index in [1.165, 1.54) is 26.2 Å². The van der Waals surface area contributed by atoms with E-state index in [0.717, 1.165) is 5.56 Å². The van der Waals surface area contributed by atoms with Crippen molar-refractivity contribution in [2.45, 2.75) is 20.3 Å². The molecule has 1 aromatic rings. The van der Waals surface area contributed by atoms with Crippen LogP contribution < -0.4 is 4.74 Å². The molecule has 2 nitrogen and oxygen atoms in total. The Labute approximate surface area is 82.7 Å². The fourth-order valence-electron chi connectivity index (χ4n) is 1.37. The van der Waals surface area contributed by atoms with Gasteiger partial charge in [0.15, 0.2) is 0 Å². The van der Waals surface area contributed by atoms with E-state index in [1.807, 2.05) is 6.92 Å². The van der Waals surface area contributed by atoms with Crippen LogP contribution in [0.5, 0.6) is 5.75 Å². The van der Waals surface area contributed by atoms with E-state index in [1.54, 1.807) is 0 Å². The van der Waals surface area contributed by atoms with Crippen molar-refractivity contribution in [2.75, 3.05) is 7.11 Å². The molecule has 1 aromatic carbocycles. The maximum Gasteiger partial charge on any atom is 0.134 e. The molecule has 0 atom stereocenters. The third-order valence-electron chi connectivity index (χ3n) is 2.09. The second kappa shape index (κ2) is 4.22. The molecule has 0 bridgehead atoms. The number of Topliss-reactive ketones (excluding diaryl/α,β-unsaturated/α-hetero) is 1. The summed E-state index contributed by atoms with van der Waals surface area (Å²) in [4.78, 5) is 10.9. The van der Waals surface area contributed by atoms with Crippen LogP contribution >= 0.6 is 0 Å². The van der Waals surface area contributed by atoms with E-state index in [-0.39, 0.29) is 18.0 Å². The van der Waals surface area contributed by atoms with E-state index in [2.05, 4.69) is 0 Å². The summed E-state index contributed by atoms with van der Waals surface area (Å²) >= 11 is 0. The maximum absolute atomic E-state index is 13.1. The van der Waals surface area contributed by atoms with Crippen LogP contribution in [0, 0.1) is 12.7 Å². The quantitative estimate of drug-likeness (QED) is 0.741. The van der Waals surface area contributed by atoms with Gasteiger partial charge in [-0.05, 0) is 31.0 Å². The maximum atomic E-state index is 13.1. The largest absolute Gasteiger partial charge is 0.496 e. The molecule has 76 valence electrons. The molecule has 0 N–H and O–H groups in total. The highest BCUT2D eigenvalue weighted by molar-refractivity contribution is 5.78. The minimum Gasteiger partial charge on any atom is -0.496 e. The molecular weight excluding hydrogens is 183 g/mol. The lowest BCUT2D eigenvalue weighted by molar-refractivity contribution is -0.116. The predicted octanol–water partition coefficient (Wildman–Crippen LogP) is 2.27. The molecule has 3 heteroatoms. The summed E-state index contributed by atoms with van der Waals surface area (Å²) in [5, 5.41) is 0. The van der Waals surface area contributed by atoms with Gasteiger partial charge in [-0.3, -0.25) is 4.79 Å². The lowest BCUT2D eigenvalue weighted by Crippen LogP contribution is -2.01. The molecule has 0 radical (unpaired) electrons. The third-order valence-corrected chi connectivity index (χ3v) is 2.09. The molecule has 0 aromatic heterocycles. The van der Waals surface area contributed by atoms with E-state index < -0.39 is 0 Å². The number of hydrogen-bond acceptors (Lipinski definition) is 2. The van der Waals surface area contributed by atoms with Crippen LogP contribution in [0.15, 0.2) is 12.1 Å². The van der Waals surface area contributed by atoms with E-state index in [0.29, 0.717) is 11.3 Å². The van der Waals surface area contributed by atoms with Gasteiger partial charge in [0, 0.05) is 12.5 Å². The van der Waals surface area contributed by atoms with Gasteiger partial charge in [0.2, 0.25) is 0 Å². The average molecular weight is 196 g/mol. The summed E-state index contributed by atoms with van der Waals surface area (Å²) in [6, 6.07) is 2.69. The highest BCUT2D eigenvalue weighted by atomic mass is 19.1. The summed E-state index contributed by atoms with van der Waals surface area (Å²) < 4.78 is 18.1. The Morgan fingerprint density at radius 3 is 2.64 bits per heavy atom. The average Bonchev–Trinajstić information content (AvgIpc) is 2.09. The van der Waals surface area contributed by atoms with Crippen molar-refractivity contribution in [2.24, 2.45) is 0 Å². The number of rotatable bonds is 3. The van der Waals surface area contributed by atoms with E-state index in [4.69, 9.17) is 4.74 Å². The van der Waals surface area contributed by atoms with Gasteiger partial charge in [0.25, 0.3) is 0 Å². The minimum atomic E-state index is -0.372. The van der Waals surface area contributed by atoms with Crippen LogP contribution in [0.3, 0.4) is 0 Å². The first kappa shape index (κ1) is 10.7. The van der Waals surface area contributed by atoms with Gasteiger partial charge in [-0.25, -0.2) is 4.39 Å². The van der Waals surface area contributed by atoms with Crippen LogP contribution in [0.1, 0.15) is 18.1 Å². The van der Waals surface area contributed by atoms with Crippen LogP contribution in [-0.2, 0) is 11.2 Å². The highest BCUT2D eigenvalue weighted by Crippen LogP contribution is 2.23. The minimum absolute atomic E-state index is 0.0146. The summed E-state index contributed by atoms with van der Waals surface area (Å²) in [5.41, 5.74) is 1.51. The van der Waals surface area contributed by atoms with Crippen LogP contribution in [0.4, 0.5) is 4.39 Å². The first-order valence-corrected chi connectivity index (χ1v) is 4.37. The molecule has 0 unspecified atom stereocenters. The topological polar surface area (TPSA) is 26.3 Å². The molecular formula is C11H13FO2. The second-order valence-corrected chi connectivity index (χ2v) is 3.27. The SMILES string of the molecule is COc1cc(F)cc(CC(C)=O)c1C. The molecule has 0 spiro atoms. The fraction of sp³-hybridized carbons (Fsp3) is 0.364. The Bertz CT molecular complexity index is 359. The Morgan fingerprint density at radius 1 is 1.50 bits per heavy atom. The summed E-state index contributed by atoms with van der Waals surface area (Å²) in [7, 11) is 1.49. The summed E-state index contributed by atoms with van der Waals surface area (Å²) in [6.45, 7) is 3.30.